The predicted molar refractivity (Wildman–Crippen MR) is 84.4 cm³/mol. The highest BCUT2D eigenvalue weighted by molar-refractivity contribution is 5.95. The van der Waals surface area contributed by atoms with E-state index in [0.717, 1.165) is 12.8 Å². The summed E-state index contributed by atoms with van der Waals surface area (Å²) in [5.74, 6) is -0.568. The molecule has 126 valence electrons. The third-order valence-electron chi connectivity index (χ3n) is 4.04. The van der Waals surface area contributed by atoms with Gasteiger partial charge in [-0.15, -0.1) is 5.10 Å². The molecule has 24 heavy (non-hydrogen) atoms. The van der Waals surface area contributed by atoms with E-state index in [1.807, 2.05) is 6.07 Å². The Morgan fingerprint density at radius 3 is 3.00 bits per heavy atom. The second kappa shape index (κ2) is 7.20. The van der Waals surface area contributed by atoms with Crippen LogP contribution in [0.15, 0.2) is 30.6 Å². The van der Waals surface area contributed by atoms with E-state index in [-0.39, 0.29) is 17.8 Å². The lowest BCUT2D eigenvalue weighted by molar-refractivity contribution is -0.149. The number of carbonyl (C=O) groups is 2. The molecule has 0 bridgehead atoms. The van der Waals surface area contributed by atoms with Crippen LogP contribution in [0.4, 0.5) is 0 Å². The average molecular weight is 329 g/mol. The van der Waals surface area contributed by atoms with Crippen LogP contribution < -0.4 is 0 Å². The number of likely N-dealkylation sites (tertiary alicyclic amines) is 1. The van der Waals surface area contributed by atoms with Crippen molar-refractivity contribution >= 4 is 11.9 Å². The van der Waals surface area contributed by atoms with Crippen molar-refractivity contribution in [3.05, 3.63) is 36.2 Å². The molecule has 1 aromatic heterocycles. The molecule has 1 atom stereocenters. The molecule has 0 aliphatic carbocycles. The van der Waals surface area contributed by atoms with Crippen molar-refractivity contribution in [1.29, 1.82) is 0 Å². The van der Waals surface area contributed by atoms with E-state index in [4.69, 9.17) is 4.74 Å². The van der Waals surface area contributed by atoms with Gasteiger partial charge < -0.3 is 9.64 Å². The molecule has 1 aliphatic heterocycles. The van der Waals surface area contributed by atoms with Gasteiger partial charge in [-0.25, -0.2) is 4.68 Å². The Bertz CT molecular complexity index is 716. The van der Waals surface area contributed by atoms with Gasteiger partial charge >= 0.3 is 5.97 Å². The molecule has 8 heteroatoms. The zero-order valence-corrected chi connectivity index (χ0v) is 13.5. The lowest BCUT2D eigenvalue weighted by atomic mass is 9.97. The van der Waals surface area contributed by atoms with Gasteiger partial charge in [0, 0.05) is 18.7 Å². The minimum atomic E-state index is -0.245. The zero-order chi connectivity index (χ0) is 16.9. The van der Waals surface area contributed by atoms with Gasteiger partial charge in [-0.1, -0.05) is 6.07 Å². The molecule has 0 radical (unpaired) electrons. The van der Waals surface area contributed by atoms with E-state index in [2.05, 4.69) is 15.5 Å². The van der Waals surface area contributed by atoms with Gasteiger partial charge in [-0.05, 0) is 48.4 Å². The van der Waals surface area contributed by atoms with Gasteiger partial charge in [-0.3, -0.25) is 9.59 Å². The summed E-state index contributed by atoms with van der Waals surface area (Å²) in [5.41, 5.74) is 1.26. The van der Waals surface area contributed by atoms with Crippen LogP contribution in [0, 0.1) is 5.92 Å². The maximum Gasteiger partial charge on any atom is 0.310 e. The number of piperidine rings is 1. The summed E-state index contributed by atoms with van der Waals surface area (Å²) in [5, 5.41) is 11.0. The van der Waals surface area contributed by atoms with Crippen molar-refractivity contribution in [3.63, 3.8) is 0 Å². The SMILES string of the molecule is CCOC(=O)C1CCCN(C(=O)c2cccc(-n3cnnn3)c2)C1. The van der Waals surface area contributed by atoms with Crippen LogP contribution in [-0.2, 0) is 9.53 Å². The Morgan fingerprint density at radius 2 is 2.25 bits per heavy atom. The van der Waals surface area contributed by atoms with Crippen LogP contribution in [0.1, 0.15) is 30.1 Å². The number of ether oxygens (including phenoxy) is 1. The fourth-order valence-electron chi connectivity index (χ4n) is 2.86. The third-order valence-corrected chi connectivity index (χ3v) is 4.04. The van der Waals surface area contributed by atoms with Gasteiger partial charge in [0.1, 0.15) is 6.33 Å². The van der Waals surface area contributed by atoms with Crippen molar-refractivity contribution < 1.29 is 14.3 Å². The number of rotatable bonds is 4. The summed E-state index contributed by atoms with van der Waals surface area (Å²) in [7, 11) is 0. The molecular weight excluding hydrogens is 310 g/mol. The molecule has 1 saturated heterocycles. The Kier molecular flexibility index (Phi) is 4.83. The lowest BCUT2D eigenvalue weighted by Gasteiger charge is -2.31. The van der Waals surface area contributed by atoms with E-state index in [1.165, 1.54) is 11.0 Å². The number of amides is 1. The molecule has 1 fully saturated rings. The number of carbonyl (C=O) groups excluding carboxylic acids is 2. The normalized spacial score (nSPS) is 17.5. The quantitative estimate of drug-likeness (QED) is 0.780. The van der Waals surface area contributed by atoms with Crippen molar-refractivity contribution in [3.8, 4) is 5.69 Å². The second-order valence-electron chi connectivity index (χ2n) is 5.65. The predicted octanol–water partition coefficient (Wildman–Crippen LogP) is 1.08. The minimum Gasteiger partial charge on any atom is -0.466 e. The van der Waals surface area contributed by atoms with E-state index >= 15 is 0 Å². The largest absolute Gasteiger partial charge is 0.466 e. The van der Waals surface area contributed by atoms with E-state index < -0.39 is 0 Å². The first-order valence-electron chi connectivity index (χ1n) is 7.98. The molecule has 0 saturated carbocycles. The summed E-state index contributed by atoms with van der Waals surface area (Å²) in [6.07, 6.45) is 3.02. The molecular formula is C16H19N5O3. The van der Waals surface area contributed by atoms with Gasteiger partial charge in [0.05, 0.1) is 18.2 Å². The summed E-state index contributed by atoms with van der Waals surface area (Å²) in [6.45, 7) is 3.18. The first-order chi connectivity index (χ1) is 11.7. The van der Waals surface area contributed by atoms with Crippen LogP contribution in [0.5, 0.6) is 0 Å². The first-order valence-corrected chi connectivity index (χ1v) is 7.98. The van der Waals surface area contributed by atoms with Crippen LogP contribution in [0.25, 0.3) is 5.69 Å². The zero-order valence-electron chi connectivity index (χ0n) is 13.5. The van der Waals surface area contributed by atoms with Gasteiger partial charge in [0.15, 0.2) is 0 Å². The molecule has 3 rings (SSSR count). The number of esters is 1. The van der Waals surface area contributed by atoms with Gasteiger partial charge in [0.2, 0.25) is 0 Å². The molecule has 1 aliphatic rings. The number of tetrazole rings is 1. The third kappa shape index (κ3) is 3.42. The van der Waals surface area contributed by atoms with Crippen molar-refractivity contribution in [2.24, 2.45) is 5.92 Å². The highest BCUT2D eigenvalue weighted by Crippen LogP contribution is 2.20. The Hall–Kier alpha value is -2.77. The van der Waals surface area contributed by atoms with E-state index in [9.17, 15) is 9.59 Å². The second-order valence-corrected chi connectivity index (χ2v) is 5.65. The standard InChI is InChI=1S/C16H19N5O3/c1-2-24-16(23)13-6-4-8-20(10-13)15(22)12-5-3-7-14(9-12)21-11-17-18-19-21/h3,5,7,9,11,13H,2,4,6,8,10H2,1H3. The summed E-state index contributed by atoms with van der Waals surface area (Å²) in [6, 6.07) is 7.11. The van der Waals surface area contributed by atoms with Crippen LogP contribution in [0.3, 0.4) is 0 Å². The Morgan fingerprint density at radius 1 is 1.38 bits per heavy atom. The monoisotopic (exact) mass is 329 g/mol. The fourth-order valence-corrected chi connectivity index (χ4v) is 2.86. The van der Waals surface area contributed by atoms with Crippen LogP contribution >= 0.6 is 0 Å². The van der Waals surface area contributed by atoms with Gasteiger partial charge in [0.25, 0.3) is 5.91 Å². The lowest BCUT2D eigenvalue weighted by Crippen LogP contribution is -2.42. The molecule has 1 aromatic carbocycles. The van der Waals surface area contributed by atoms with Crippen LogP contribution in [-0.4, -0.2) is 56.7 Å². The average Bonchev–Trinajstić information content (AvgIpc) is 3.16. The van der Waals surface area contributed by atoms with Crippen LogP contribution in [0.2, 0.25) is 0 Å². The Balaban J connectivity index is 1.74. The van der Waals surface area contributed by atoms with E-state index in [0.29, 0.717) is 30.9 Å². The van der Waals surface area contributed by atoms with E-state index in [1.54, 1.807) is 30.0 Å². The van der Waals surface area contributed by atoms with Gasteiger partial charge in [-0.2, -0.15) is 0 Å². The van der Waals surface area contributed by atoms with Crippen molar-refractivity contribution in [1.82, 2.24) is 25.1 Å². The summed E-state index contributed by atoms with van der Waals surface area (Å²) >= 11 is 0. The van der Waals surface area contributed by atoms with Crippen molar-refractivity contribution in [2.45, 2.75) is 19.8 Å². The fraction of sp³-hybridized carbons (Fsp3) is 0.438. The van der Waals surface area contributed by atoms with Crippen molar-refractivity contribution in [2.75, 3.05) is 19.7 Å². The molecule has 0 N–H and O–H groups in total. The number of aromatic nitrogens is 4. The molecule has 0 spiro atoms. The molecule has 1 unspecified atom stereocenters. The maximum absolute atomic E-state index is 12.8. The highest BCUT2D eigenvalue weighted by atomic mass is 16.5. The summed E-state index contributed by atoms with van der Waals surface area (Å²) in [4.78, 5) is 26.4. The Labute approximate surface area is 139 Å². The highest BCUT2D eigenvalue weighted by Gasteiger charge is 2.29. The molecule has 8 nitrogen and oxygen atoms in total. The number of nitrogens with zero attached hydrogens (tertiary/aromatic N) is 5. The topological polar surface area (TPSA) is 90.2 Å². The maximum atomic E-state index is 12.8. The smallest absolute Gasteiger partial charge is 0.310 e. The summed E-state index contributed by atoms with van der Waals surface area (Å²) < 4.78 is 6.58. The molecule has 2 heterocycles. The molecule has 1 amide bonds. The first kappa shape index (κ1) is 16.1. The number of hydrogen-bond donors (Lipinski definition) is 0. The minimum absolute atomic E-state index is 0.0982. The molecule has 2 aromatic rings. The number of benzene rings is 1. The number of hydrogen-bond acceptors (Lipinski definition) is 6.